The highest BCUT2D eigenvalue weighted by Crippen LogP contribution is 2.19. The summed E-state index contributed by atoms with van der Waals surface area (Å²) in [6, 6.07) is 6.36. The number of nitrogens with zero attached hydrogens (tertiary/aromatic N) is 3. The standard InChI is InChI=1S/C13H17N3S/c1-9-7-13(15-11(3)14-9)16(4)8-12-6-5-10(2)17-12/h5-7H,8H2,1-4H3. The highest BCUT2D eigenvalue weighted by molar-refractivity contribution is 7.11. The molecular weight excluding hydrogens is 230 g/mol. The Morgan fingerprint density at radius 1 is 1.18 bits per heavy atom. The van der Waals surface area contributed by atoms with Crippen LogP contribution in [0.3, 0.4) is 0 Å². The predicted octanol–water partition coefficient (Wildman–Crippen LogP) is 3.10. The van der Waals surface area contributed by atoms with E-state index >= 15 is 0 Å². The summed E-state index contributed by atoms with van der Waals surface area (Å²) in [5.41, 5.74) is 1.02. The molecule has 0 N–H and O–H groups in total. The van der Waals surface area contributed by atoms with Crippen molar-refractivity contribution in [3.8, 4) is 0 Å². The van der Waals surface area contributed by atoms with Gasteiger partial charge in [0.2, 0.25) is 0 Å². The largest absolute Gasteiger partial charge is 0.354 e. The first-order chi connectivity index (χ1) is 8.04. The summed E-state index contributed by atoms with van der Waals surface area (Å²) in [5.74, 6) is 1.82. The number of rotatable bonds is 3. The molecule has 0 unspecified atom stereocenters. The molecule has 2 heterocycles. The lowest BCUT2D eigenvalue weighted by Crippen LogP contribution is -2.17. The smallest absolute Gasteiger partial charge is 0.132 e. The van der Waals surface area contributed by atoms with E-state index in [4.69, 9.17) is 0 Å². The Morgan fingerprint density at radius 2 is 1.94 bits per heavy atom. The second-order valence-electron chi connectivity index (χ2n) is 4.28. The minimum Gasteiger partial charge on any atom is -0.354 e. The van der Waals surface area contributed by atoms with Crippen LogP contribution in [0.15, 0.2) is 18.2 Å². The number of hydrogen-bond acceptors (Lipinski definition) is 4. The Morgan fingerprint density at radius 3 is 2.53 bits per heavy atom. The lowest BCUT2D eigenvalue weighted by Gasteiger charge is -2.17. The monoisotopic (exact) mass is 247 g/mol. The van der Waals surface area contributed by atoms with Crippen molar-refractivity contribution >= 4 is 17.2 Å². The minimum atomic E-state index is 0.828. The van der Waals surface area contributed by atoms with Crippen LogP contribution in [0.4, 0.5) is 5.82 Å². The third-order valence-electron chi connectivity index (χ3n) is 2.53. The van der Waals surface area contributed by atoms with Crippen LogP contribution >= 0.6 is 11.3 Å². The maximum absolute atomic E-state index is 4.46. The number of hydrogen-bond donors (Lipinski definition) is 0. The van der Waals surface area contributed by atoms with Crippen LogP contribution in [-0.4, -0.2) is 17.0 Å². The Balaban J connectivity index is 2.16. The van der Waals surface area contributed by atoms with Gasteiger partial charge in [-0.05, 0) is 32.9 Å². The quantitative estimate of drug-likeness (QED) is 0.834. The molecule has 90 valence electrons. The molecule has 4 heteroatoms. The van der Waals surface area contributed by atoms with Crippen LogP contribution in [0.5, 0.6) is 0 Å². The van der Waals surface area contributed by atoms with Crippen molar-refractivity contribution in [3.05, 3.63) is 39.5 Å². The maximum Gasteiger partial charge on any atom is 0.132 e. The summed E-state index contributed by atoms with van der Waals surface area (Å²) >= 11 is 1.83. The highest BCUT2D eigenvalue weighted by Gasteiger charge is 2.06. The third-order valence-corrected chi connectivity index (χ3v) is 3.52. The Labute approximate surface area is 106 Å². The Hall–Kier alpha value is -1.42. The fraction of sp³-hybridized carbons (Fsp3) is 0.385. The average molecular weight is 247 g/mol. The maximum atomic E-state index is 4.46. The van der Waals surface area contributed by atoms with Gasteiger partial charge < -0.3 is 4.90 Å². The highest BCUT2D eigenvalue weighted by atomic mass is 32.1. The molecule has 0 amide bonds. The number of anilines is 1. The number of aromatic nitrogens is 2. The molecule has 0 saturated heterocycles. The molecule has 0 saturated carbocycles. The molecular formula is C13H17N3S. The minimum absolute atomic E-state index is 0.828. The first kappa shape index (κ1) is 12.0. The fourth-order valence-electron chi connectivity index (χ4n) is 1.78. The summed E-state index contributed by atoms with van der Waals surface area (Å²) < 4.78 is 0. The predicted molar refractivity (Wildman–Crippen MR) is 72.7 cm³/mol. The van der Waals surface area contributed by atoms with Crippen molar-refractivity contribution in [2.24, 2.45) is 0 Å². The van der Waals surface area contributed by atoms with Gasteiger partial charge in [-0.15, -0.1) is 11.3 Å². The van der Waals surface area contributed by atoms with Gasteiger partial charge in [0.15, 0.2) is 0 Å². The molecule has 2 rings (SSSR count). The van der Waals surface area contributed by atoms with E-state index in [0.717, 1.165) is 23.9 Å². The van der Waals surface area contributed by atoms with Gasteiger partial charge in [0.25, 0.3) is 0 Å². The van der Waals surface area contributed by atoms with Crippen LogP contribution in [0.2, 0.25) is 0 Å². The lowest BCUT2D eigenvalue weighted by atomic mass is 10.3. The molecule has 0 aliphatic carbocycles. The van der Waals surface area contributed by atoms with Crippen LogP contribution in [0, 0.1) is 20.8 Å². The van der Waals surface area contributed by atoms with E-state index in [-0.39, 0.29) is 0 Å². The lowest BCUT2D eigenvalue weighted by molar-refractivity contribution is 0.882. The van der Waals surface area contributed by atoms with Crippen LogP contribution in [0.1, 0.15) is 21.3 Å². The van der Waals surface area contributed by atoms with Gasteiger partial charge in [0.1, 0.15) is 11.6 Å². The van der Waals surface area contributed by atoms with Crippen molar-refractivity contribution in [1.29, 1.82) is 0 Å². The Bertz CT molecular complexity index is 499. The van der Waals surface area contributed by atoms with Crippen LogP contribution in [0.25, 0.3) is 0 Å². The van der Waals surface area contributed by atoms with Gasteiger partial charge in [-0.3, -0.25) is 0 Å². The van der Waals surface area contributed by atoms with E-state index in [0.29, 0.717) is 0 Å². The third kappa shape index (κ3) is 3.03. The molecule has 0 spiro atoms. The van der Waals surface area contributed by atoms with Gasteiger partial charge in [0.05, 0.1) is 6.54 Å². The summed E-state index contributed by atoms with van der Waals surface area (Å²) in [6.07, 6.45) is 0. The molecule has 2 aromatic heterocycles. The van der Waals surface area contributed by atoms with Crippen LogP contribution < -0.4 is 4.90 Å². The van der Waals surface area contributed by atoms with E-state index in [2.05, 4.69) is 41.0 Å². The normalized spacial score (nSPS) is 10.6. The van der Waals surface area contributed by atoms with Gasteiger partial charge in [-0.25, -0.2) is 9.97 Å². The van der Waals surface area contributed by atoms with Gasteiger partial charge in [0, 0.05) is 28.6 Å². The van der Waals surface area contributed by atoms with Crippen molar-refractivity contribution < 1.29 is 0 Å². The SMILES string of the molecule is Cc1cc(N(C)Cc2ccc(C)s2)nc(C)n1. The summed E-state index contributed by atoms with van der Waals surface area (Å²) in [6.45, 7) is 6.96. The zero-order valence-corrected chi connectivity index (χ0v) is 11.5. The van der Waals surface area contributed by atoms with Crippen molar-refractivity contribution in [1.82, 2.24) is 9.97 Å². The molecule has 0 atom stereocenters. The van der Waals surface area contributed by atoms with Crippen molar-refractivity contribution in [2.45, 2.75) is 27.3 Å². The zero-order chi connectivity index (χ0) is 12.4. The molecule has 0 aliphatic heterocycles. The molecule has 2 aromatic rings. The van der Waals surface area contributed by atoms with Crippen LogP contribution in [-0.2, 0) is 6.54 Å². The van der Waals surface area contributed by atoms with Gasteiger partial charge in [-0.1, -0.05) is 0 Å². The van der Waals surface area contributed by atoms with Crippen molar-refractivity contribution in [2.75, 3.05) is 11.9 Å². The second kappa shape index (κ2) is 4.84. The van der Waals surface area contributed by atoms with Gasteiger partial charge >= 0.3 is 0 Å². The van der Waals surface area contributed by atoms with Crippen molar-refractivity contribution in [3.63, 3.8) is 0 Å². The summed E-state index contributed by atoms with van der Waals surface area (Å²) in [4.78, 5) is 13.6. The van der Waals surface area contributed by atoms with E-state index in [1.165, 1.54) is 9.75 Å². The molecule has 0 aromatic carbocycles. The molecule has 17 heavy (non-hydrogen) atoms. The average Bonchev–Trinajstić information content (AvgIpc) is 2.62. The molecule has 0 fully saturated rings. The first-order valence-electron chi connectivity index (χ1n) is 5.63. The summed E-state index contributed by atoms with van der Waals surface area (Å²) in [5, 5.41) is 0. The molecule has 0 radical (unpaired) electrons. The molecule has 0 bridgehead atoms. The first-order valence-corrected chi connectivity index (χ1v) is 6.45. The summed E-state index contributed by atoms with van der Waals surface area (Å²) in [7, 11) is 2.07. The molecule has 3 nitrogen and oxygen atoms in total. The van der Waals surface area contributed by atoms with Gasteiger partial charge in [-0.2, -0.15) is 0 Å². The molecule has 0 aliphatic rings. The van der Waals surface area contributed by atoms with E-state index in [1.54, 1.807) is 0 Å². The zero-order valence-electron chi connectivity index (χ0n) is 10.7. The van der Waals surface area contributed by atoms with E-state index < -0.39 is 0 Å². The topological polar surface area (TPSA) is 29.0 Å². The fourth-order valence-corrected chi connectivity index (χ4v) is 2.72. The number of aryl methyl sites for hydroxylation is 3. The number of thiophene rings is 1. The Kier molecular flexibility index (Phi) is 3.43. The van der Waals surface area contributed by atoms with E-state index in [1.807, 2.05) is 31.3 Å². The second-order valence-corrected chi connectivity index (χ2v) is 5.66. The van der Waals surface area contributed by atoms with E-state index in [9.17, 15) is 0 Å².